The second-order valence-corrected chi connectivity index (χ2v) is 7.88. The first-order valence-electron chi connectivity index (χ1n) is 7.90. The minimum absolute atomic E-state index is 0.406. The SMILES string of the molecule is Cc1cccc(C)c1NC(=S)NC1CC(C)CC(C)(C)C1. The summed E-state index contributed by atoms with van der Waals surface area (Å²) in [7, 11) is 0. The number of thiocarbonyl (C=S) groups is 1. The molecule has 21 heavy (non-hydrogen) atoms. The molecule has 1 saturated carbocycles. The number of para-hydroxylation sites is 1. The fourth-order valence-corrected chi connectivity index (χ4v) is 4.07. The van der Waals surface area contributed by atoms with Crippen molar-refractivity contribution in [3.8, 4) is 0 Å². The Morgan fingerprint density at radius 1 is 1.19 bits per heavy atom. The van der Waals surface area contributed by atoms with Crippen molar-refractivity contribution in [2.75, 3.05) is 5.32 Å². The molecular weight excluding hydrogens is 276 g/mol. The molecule has 0 saturated heterocycles. The first-order valence-corrected chi connectivity index (χ1v) is 8.31. The lowest BCUT2D eigenvalue weighted by atomic mass is 9.71. The molecule has 0 aromatic heterocycles. The Labute approximate surface area is 134 Å². The summed E-state index contributed by atoms with van der Waals surface area (Å²) in [4.78, 5) is 0. The van der Waals surface area contributed by atoms with E-state index in [0.29, 0.717) is 11.5 Å². The molecule has 1 fully saturated rings. The highest BCUT2D eigenvalue weighted by molar-refractivity contribution is 7.80. The summed E-state index contributed by atoms with van der Waals surface area (Å²) in [6, 6.07) is 6.79. The quantitative estimate of drug-likeness (QED) is 0.767. The second kappa shape index (κ2) is 6.35. The molecule has 116 valence electrons. The minimum Gasteiger partial charge on any atom is -0.360 e. The van der Waals surface area contributed by atoms with Gasteiger partial charge in [-0.25, -0.2) is 0 Å². The molecule has 0 amide bonds. The van der Waals surface area contributed by atoms with Crippen LogP contribution in [-0.4, -0.2) is 11.2 Å². The Morgan fingerprint density at radius 2 is 1.81 bits per heavy atom. The summed E-state index contributed by atoms with van der Waals surface area (Å²) in [6.07, 6.45) is 3.70. The molecule has 1 aliphatic rings. The van der Waals surface area contributed by atoms with Gasteiger partial charge in [0.1, 0.15) is 0 Å². The van der Waals surface area contributed by atoms with Gasteiger partial charge in [0.2, 0.25) is 0 Å². The van der Waals surface area contributed by atoms with E-state index in [9.17, 15) is 0 Å². The Balaban J connectivity index is 1.99. The van der Waals surface area contributed by atoms with Crippen molar-refractivity contribution in [2.45, 2.75) is 59.9 Å². The van der Waals surface area contributed by atoms with Crippen molar-refractivity contribution in [2.24, 2.45) is 11.3 Å². The van der Waals surface area contributed by atoms with Gasteiger partial charge in [0, 0.05) is 11.7 Å². The predicted octanol–water partition coefficient (Wildman–Crippen LogP) is 4.80. The monoisotopic (exact) mass is 304 g/mol. The van der Waals surface area contributed by atoms with Crippen LogP contribution in [0.3, 0.4) is 0 Å². The van der Waals surface area contributed by atoms with Crippen molar-refractivity contribution in [1.82, 2.24) is 5.32 Å². The minimum atomic E-state index is 0.406. The van der Waals surface area contributed by atoms with E-state index < -0.39 is 0 Å². The summed E-state index contributed by atoms with van der Waals surface area (Å²) in [6.45, 7) is 11.3. The maximum Gasteiger partial charge on any atom is 0.171 e. The van der Waals surface area contributed by atoms with Gasteiger partial charge in [0.15, 0.2) is 5.11 Å². The van der Waals surface area contributed by atoms with E-state index in [1.807, 2.05) is 0 Å². The molecule has 2 atom stereocenters. The number of benzene rings is 1. The highest BCUT2D eigenvalue weighted by Gasteiger charge is 2.32. The van der Waals surface area contributed by atoms with Crippen LogP contribution in [0.5, 0.6) is 0 Å². The number of rotatable bonds is 2. The van der Waals surface area contributed by atoms with Crippen molar-refractivity contribution >= 4 is 23.0 Å². The number of hydrogen-bond acceptors (Lipinski definition) is 1. The van der Waals surface area contributed by atoms with E-state index in [-0.39, 0.29) is 0 Å². The van der Waals surface area contributed by atoms with Gasteiger partial charge < -0.3 is 10.6 Å². The number of anilines is 1. The van der Waals surface area contributed by atoms with Crippen LogP contribution in [0.25, 0.3) is 0 Å². The van der Waals surface area contributed by atoms with E-state index >= 15 is 0 Å². The molecule has 2 unspecified atom stereocenters. The zero-order valence-electron chi connectivity index (χ0n) is 13.9. The van der Waals surface area contributed by atoms with Gasteiger partial charge in [-0.3, -0.25) is 0 Å². The molecule has 0 radical (unpaired) electrons. The first kappa shape index (κ1) is 16.3. The number of aryl methyl sites for hydroxylation is 2. The van der Waals surface area contributed by atoms with E-state index in [1.165, 1.54) is 30.4 Å². The van der Waals surface area contributed by atoms with Crippen molar-refractivity contribution < 1.29 is 0 Å². The Hall–Kier alpha value is -1.09. The Kier molecular flexibility index (Phi) is 4.92. The molecule has 3 heteroatoms. The molecule has 1 aromatic rings. The highest BCUT2D eigenvalue weighted by atomic mass is 32.1. The molecule has 0 heterocycles. The van der Waals surface area contributed by atoms with Crippen LogP contribution in [0.1, 0.15) is 51.2 Å². The number of nitrogens with one attached hydrogen (secondary N) is 2. The van der Waals surface area contributed by atoms with Gasteiger partial charge >= 0.3 is 0 Å². The maximum absolute atomic E-state index is 5.53. The van der Waals surface area contributed by atoms with Gasteiger partial charge in [-0.15, -0.1) is 0 Å². The van der Waals surface area contributed by atoms with Crippen LogP contribution < -0.4 is 10.6 Å². The maximum atomic E-state index is 5.53. The lowest BCUT2D eigenvalue weighted by Crippen LogP contribution is -2.44. The summed E-state index contributed by atoms with van der Waals surface area (Å²) in [5.74, 6) is 0.759. The highest BCUT2D eigenvalue weighted by Crippen LogP contribution is 2.38. The van der Waals surface area contributed by atoms with Crippen LogP contribution >= 0.6 is 12.2 Å². The van der Waals surface area contributed by atoms with Gasteiger partial charge in [0.05, 0.1) is 0 Å². The first-order chi connectivity index (χ1) is 9.77. The topological polar surface area (TPSA) is 24.1 Å². The normalized spacial score (nSPS) is 24.4. The lowest BCUT2D eigenvalue weighted by molar-refractivity contribution is 0.162. The molecule has 2 rings (SSSR count). The van der Waals surface area contributed by atoms with Gasteiger partial charge in [-0.1, -0.05) is 39.0 Å². The van der Waals surface area contributed by atoms with Gasteiger partial charge in [0.25, 0.3) is 0 Å². The number of hydrogen-bond donors (Lipinski definition) is 2. The zero-order chi connectivity index (χ0) is 15.6. The van der Waals surface area contributed by atoms with E-state index in [0.717, 1.165) is 16.7 Å². The van der Waals surface area contributed by atoms with Crippen LogP contribution in [0.2, 0.25) is 0 Å². The van der Waals surface area contributed by atoms with Crippen LogP contribution in [0.15, 0.2) is 18.2 Å². The fraction of sp³-hybridized carbons (Fsp3) is 0.611. The van der Waals surface area contributed by atoms with Gasteiger partial charge in [-0.05, 0) is 67.8 Å². The molecule has 0 bridgehead atoms. The predicted molar refractivity (Wildman–Crippen MR) is 95.9 cm³/mol. The molecule has 2 nitrogen and oxygen atoms in total. The lowest BCUT2D eigenvalue weighted by Gasteiger charge is -2.39. The van der Waals surface area contributed by atoms with Crippen LogP contribution in [0, 0.1) is 25.2 Å². The fourth-order valence-electron chi connectivity index (χ4n) is 3.80. The van der Waals surface area contributed by atoms with Crippen LogP contribution in [-0.2, 0) is 0 Å². The third kappa shape index (κ3) is 4.44. The molecule has 2 N–H and O–H groups in total. The standard InChI is InChI=1S/C18H28N2S/c1-12-9-15(11-18(4,5)10-12)19-17(21)20-16-13(2)7-6-8-14(16)3/h6-8,12,15H,9-11H2,1-5H3,(H2,19,20,21). The van der Waals surface area contributed by atoms with E-state index in [1.54, 1.807) is 0 Å². The Bertz CT molecular complexity index is 502. The van der Waals surface area contributed by atoms with Crippen molar-refractivity contribution in [3.63, 3.8) is 0 Å². The largest absolute Gasteiger partial charge is 0.360 e. The summed E-state index contributed by atoms with van der Waals surface area (Å²) >= 11 is 5.53. The molecule has 0 aliphatic heterocycles. The molecule has 0 spiro atoms. The van der Waals surface area contributed by atoms with Crippen molar-refractivity contribution in [1.29, 1.82) is 0 Å². The third-order valence-corrected chi connectivity index (χ3v) is 4.66. The van der Waals surface area contributed by atoms with Crippen molar-refractivity contribution in [3.05, 3.63) is 29.3 Å². The molecule has 1 aromatic carbocycles. The average molecular weight is 305 g/mol. The van der Waals surface area contributed by atoms with E-state index in [4.69, 9.17) is 12.2 Å². The van der Waals surface area contributed by atoms with Gasteiger partial charge in [-0.2, -0.15) is 0 Å². The summed E-state index contributed by atoms with van der Waals surface area (Å²) in [5.41, 5.74) is 4.01. The third-order valence-electron chi connectivity index (χ3n) is 4.44. The molecular formula is C18H28N2S. The molecule has 1 aliphatic carbocycles. The summed E-state index contributed by atoms with van der Waals surface area (Å²) < 4.78 is 0. The second-order valence-electron chi connectivity index (χ2n) is 7.48. The zero-order valence-corrected chi connectivity index (χ0v) is 14.7. The smallest absolute Gasteiger partial charge is 0.171 e. The van der Waals surface area contributed by atoms with Crippen LogP contribution in [0.4, 0.5) is 5.69 Å². The summed E-state index contributed by atoms with van der Waals surface area (Å²) in [5, 5.41) is 7.67. The van der Waals surface area contributed by atoms with E-state index in [2.05, 4.69) is 63.5 Å². The average Bonchev–Trinajstić information content (AvgIpc) is 2.31. The Morgan fingerprint density at radius 3 is 2.38 bits per heavy atom.